The number of hydrogen-bond donors (Lipinski definition) is 1. The van der Waals surface area contributed by atoms with E-state index in [1.807, 2.05) is 37.3 Å². The number of aromatic nitrogens is 1. The standard InChI is InChI=1S/C14H14N2O3S/c1-2-16(10-6-4-3-5-7-10)13(17)8-12-15-11(9-20-12)14(18)19/h3-7,9H,2,8H2,1H3,(H,18,19). The van der Waals surface area contributed by atoms with Crippen molar-refractivity contribution in [2.24, 2.45) is 0 Å². The highest BCUT2D eigenvalue weighted by Gasteiger charge is 2.17. The molecule has 1 heterocycles. The Bertz CT molecular complexity index is 610. The lowest BCUT2D eigenvalue weighted by molar-refractivity contribution is -0.117. The third-order valence-corrected chi connectivity index (χ3v) is 3.61. The largest absolute Gasteiger partial charge is 0.476 e. The van der Waals surface area contributed by atoms with Gasteiger partial charge in [-0.3, -0.25) is 4.79 Å². The van der Waals surface area contributed by atoms with Gasteiger partial charge in [0.1, 0.15) is 5.01 Å². The fourth-order valence-electron chi connectivity index (χ4n) is 1.83. The molecule has 0 spiro atoms. The first-order valence-electron chi connectivity index (χ1n) is 6.15. The number of nitrogens with zero attached hydrogens (tertiary/aromatic N) is 2. The van der Waals surface area contributed by atoms with Crippen molar-refractivity contribution in [1.82, 2.24) is 4.98 Å². The van der Waals surface area contributed by atoms with Crippen LogP contribution >= 0.6 is 11.3 Å². The van der Waals surface area contributed by atoms with Gasteiger partial charge in [0.05, 0.1) is 6.42 Å². The number of carbonyl (C=O) groups is 2. The summed E-state index contributed by atoms with van der Waals surface area (Å²) in [6.45, 7) is 2.45. The summed E-state index contributed by atoms with van der Waals surface area (Å²) in [6.07, 6.45) is 0.112. The topological polar surface area (TPSA) is 70.5 Å². The second kappa shape index (κ2) is 6.29. The highest BCUT2D eigenvalue weighted by molar-refractivity contribution is 7.09. The van der Waals surface area contributed by atoms with Crippen LogP contribution < -0.4 is 4.90 Å². The number of likely N-dealkylation sites (N-methyl/N-ethyl adjacent to an activating group) is 1. The molecule has 0 fully saturated rings. The number of aromatic carboxylic acids is 1. The lowest BCUT2D eigenvalue weighted by Gasteiger charge is -2.20. The lowest BCUT2D eigenvalue weighted by Crippen LogP contribution is -2.31. The molecule has 6 heteroatoms. The molecule has 0 unspecified atom stereocenters. The molecule has 2 rings (SSSR count). The van der Waals surface area contributed by atoms with Crippen LogP contribution in [0.4, 0.5) is 5.69 Å². The zero-order valence-electron chi connectivity index (χ0n) is 10.9. The van der Waals surface area contributed by atoms with Gasteiger partial charge in [-0.15, -0.1) is 11.3 Å². The average Bonchev–Trinajstić information content (AvgIpc) is 2.89. The van der Waals surface area contributed by atoms with Gasteiger partial charge in [0.25, 0.3) is 0 Å². The highest BCUT2D eigenvalue weighted by atomic mass is 32.1. The van der Waals surface area contributed by atoms with Gasteiger partial charge in [0.15, 0.2) is 5.69 Å². The molecule has 0 atom stereocenters. The minimum Gasteiger partial charge on any atom is -0.476 e. The van der Waals surface area contributed by atoms with Crippen molar-refractivity contribution in [2.45, 2.75) is 13.3 Å². The van der Waals surface area contributed by atoms with E-state index < -0.39 is 5.97 Å². The number of hydrogen-bond acceptors (Lipinski definition) is 4. The summed E-state index contributed by atoms with van der Waals surface area (Å²) < 4.78 is 0. The Hall–Kier alpha value is -2.21. The average molecular weight is 290 g/mol. The van der Waals surface area contributed by atoms with Crippen LogP contribution in [0.25, 0.3) is 0 Å². The molecule has 1 aromatic heterocycles. The number of carbonyl (C=O) groups excluding carboxylic acids is 1. The van der Waals surface area contributed by atoms with Crippen LogP contribution in [0, 0.1) is 0 Å². The van der Waals surface area contributed by atoms with Crippen LogP contribution in [0.3, 0.4) is 0 Å². The molecule has 0 saturated carbocycles. The van der Waals surface area contributed by atoms with Gasteiger partial charge in [-0.05, 0) is 19.1 Å². The van der Waals surface area contributed by atoms with E-state index in [1.165, 1.54) is 16.7 Å². The zero-order valence-corrected chi connectivity index (χ0v) is 11.8. The van der Waals surface area contributed by atoms with Crippen molar-refractivity contribution in [1.29, 1.82) is 0 Å². The molecule has 0 bridgehead atoms. The van der Waals surface area contributed by atoms with Crippen LogP contribution in [-0.4, -0.2) is 28.5 Å². The quantitative estimate of drug-likeness (QED) is 0.918. The fourth-order valence-corrected chi connectivity index (χ4v) is 2.59. The van der Waals surface area contributed by atoms with Crippen LogP contribution in [0.15, 0.2) is 35.7 Å². The SMILES string of the molecule is CCN(C(=O)Cc1nc(C(=O)O)cs1)c1ccccc1. The number of anilines is 1. The number of rotatable bonds is 5. The number of carboxylic acids is 1. The van der Waals surface area contributed by atoms with Gasteiger partial charge >= 0.3 is 5.97 Å². The molecule has 5 nitrogen and oxygen atoms in total. The van der Waals surface area contributed by atoms with Crippen molar-refractivity contribution < 1.29 is 14.7 Å². The van der Waals surface area contributed by atoms with E-state index in [2.05, 4.69) is 4.98 Å². The van der Waals surface area contributed by atoms with Crippen molar-refractivity contribution in [2.75, 3.05) is 11.4 Å². The molecule has 20 heavy (non-hydrogen) atoms. The third kappa shape index (κ3) is 3.21. The van der Waals surface area contributed by atoms with E-state index in [-0.39, 0.29) is 18.0 Å². The summed E-state index contributed by atoms with van der Waals surface area (Å²) >= 11 is 1.19. The predicted molar refractivity (Wildman–Crippen MR) is 77.2 cm³/mol. The smallest absolute Gasteiger partial charge is 0.355 e. The highest BCUT2D eigenvalue weighted by Crippen LogP contribution is 2.16. The first-order valence-corrected chi connectivity index (χ1v) is 7.03. The Kier molecular flexibility index (Phi) is 4.47. The Balaban J connectivity index is 2.11. The summed E-state index contributed by atoms with van der Waals surface area (Å²) in [6, 6.07) is 9.37. The summed E-state index contributed by atoms with van der Waals surface area (Å²) in [5, 5.41) is 10.8. The first-order chi connectivity index (χ1) is 9.61. The molecule has 2 aromatic rings. The molecule has 104 valence electrons. The maximum absolute atomic E-state index is 12.3. The van der Waals surface area contributed by atoms with Crippen LogP contribution in [-0.2, 0) is 11.2 Å². The van der Waals surface area contributed by atoms with E-state index in [0.717, 1.165) is 5.69 Å². The molecule has 0 saturated heterocycles. The second-order valence-electron chi connectivity index (χ2n) is 4.08. The van der Waals surface area contributed by atoms with Gasteiger partial charge in [-0.1, -0.05) is 18.2 Å². The van der Waals surface area contributed by atoms with Gasteiger partial charge in [0.2, 0.25) is 5.91 Å². The van der Waals surface area contributed by atoms with Crippen LogP contribution in [0.1, 0.15) is 22.4 Å². The normalized spacial score (nSPS) is 10.2. The Morgan fingerprint density at radius 3 is 2.55 bits per heavy atom. The molecule has 0 aliphatic heterocycles. The minimum absolute atomic E-state index is 0.0134. The lowest BCUT2D eigenvalue weighted by atomic mass is 10.2. The molecule has 0 aliphatic rings. The van der Waals surface area contributed by atoms with Gasteiger partial charge in [-0.25, -0.2) is 9.78 Å². The minimum atomic E-state index is -1.07. The second-order valence-corrected chi connectivity index (χ2v) is 5.02. The molecular formula is C14H14N2O3S. The molecule has 0 aliphatic carbocycles. The number of carboxylic acid groups (broad SMARTS) is 1. The zero-order chi connectivity index (χ0) is 14.5. The number of amides is 1. The van der Waals surface area contributed by atoms with Crippen LogP contribution in [0.2, 0.25) is 0 Å². The molecule has 1 aromatic carbocycles. The number of thiazole rings is 1. The monoisotopic (exact) mass is 290 g/mol. The molecule has 0 radical (unpaired) electrons. The number of benzene rings is 1. The van der Waals surface area contributed by atoms with E-state index in [0.29, 0.717) is 11.6 Å². The maximum atomic E-state index is 12.3. The van der Waals surface area contributed by atoms with Gasteiger partial charge in [-0.2, -0.15) is 0 Å². The van der Waals surface area contributed by atoms with Crippen molar-refractivity contribution in [3.8, 4) is 0 Å². The van der Waals surface area contributed by atoms with E-state index in [4.69, 9.17) is 5.11 Å². The maximum Gasteiger partial charge on any atom is 0.355 e. The van der Waals surface area contributed by atoms with Crippen molar-refractivity contribution >= 4 is 28.9 Å². The molecule has 1 N–H and O–H groups in total. The summed E-state index contributed by atoms with van der Waals surface area (Å²) in [5.74, 6) is -1.17. The van der Waals surface area contributed by atoms with Crippen molar-refractivity contribution in [3.63, 3.8) is 0 Å². The Morgan fingerprint density at radius 2 is 2.00 bits per heavy atom. The summed E-state index contributed by atoms with van der Waals surface area (Å²) in [7, 11) is 0. The van der Waals surface area contributed by atoms with Crippen molar-refractivity contribution in [3.05, 3.63) is 46.4 Å². The van der Waals surface area contributed by atoms with E-state index >= 15 is 0 Å². The molecular weight excluding hydrogens is 276 g/mol. The fraction of sp³-hybridized carbons (Fsp3) is 0.214. The first kappa shape index (κ1) is 14.2. The van der Waals surface area contributed by atoms with E-state index in [1.54, 1.807) is 4.90 Å². The Labute approximate surface area is 120 Å². The van der Waals surface area contributed by atoms with Gasteiger partial charge in [0, 0.05) is 17.6 Å². The summed E-state index contributed by atoms with van der Waals surface area (Å²) in [5.41, 5.74) is 0.815. The third-order valence-electron chi connectivity index (χ3n) is 2.76. The van der Waals surface area contributed by atoms with Crippen LogP contribution in [0.5, 0.6) is 0 Å². The predicted octanol–water partition coefficient (Wildman–Crippen LogP) is 2.44. The number of para-hydroxylation sites is 1. The Morgan fingerprint density at radius 1 is 1.30 bits per heavy atom. The summed E-state index contributed by atoms with van der Waals surface area (Å²) in [4.78, 5) is 28.6. The molecule has 1 amide bonds. The van der Waals surface area contributed by atoms with E-state index in [9.17, 15) is 9.59 Å². The van der Waals surface area contributed by atoms with Gasteiger partial charge < -0.3 is 10.0 Å².